The Kier molecular flexibility index (Phi) is 5.42. The van der Waals surface area contributed by atoms with Gasteiger partial charge in [-0.2, -0.15) is 0 Å². The second kappa shape index (κ2) is 8.13. The number of amides is 1. The van der Waals surface area contributed by atoms with Crippen LogP contribution in [0.4, 0.5) is 0 Å². The van der Waals surface area contributed by atoms with Gasteiger partial charge >= 0.3 is 0 Å². The molecule has 5 heteroatoms. The maximum atomic E-state index is 13.1. The summed E-state index contributed by atoms with van der Waals surface area (Å²) in [5.74, 6) is 2.50. The molecule has 2 heterocycles. The van der Waals surface area contributed by atoms with Crippen LogP contribution < -0.4 is 14.2 Å². The summed E-state index contributed by atoms with van der Waals surface area (Å²) in [5.41, 5.74) is 3.49. The molecule has 2 aliphatic rings. The molecule has 0 radical (unpaired) electrons. The Bertz CT molecular complexity index is 864. The summed E-state index contributed by atoms with van der Waals surface area (Å²) in [6, 6.07) is 12.1. The molecule has 0 unspecified atom stereocenters. The predicted octanol–water partition coefficient (Wildman–Crippen LogP) is 3.62. The number of ether oxygens (including phenoxy) is 3. The lowest BCUT2D eigenvalue weighted by Crippen LogP contribution is -2.43. The first-order valence-corrected chi connectivity index (χ1v) is 10.1. The first-order valence-electron chi connectivity index (χ1n) is 10.1. The third-order valence-electron chi connectivity index (χ3n) is 5.42. The van der Waals surface area contributed by atoms with E-state index in [1.165, 1.54) is 5.56 Å². The monoisotopic (exact) mass is 381 g/mol. The minimum atomic E-state index is -0.120. The number of fused-ring (bicyclic) bond motifs is 2. The van der Waals surface area contributed by atoms with Crippen LogP contribution in [-0.4, -0.2) is 37.2 Å². The first-order chi connectivity index (χ1) is 13.7. The topological polar surface area (TPSA) is 48.0 Å². The van der Waals surface area contributed by atoms with E-state index in [1.807, 2.05) is 49.1 Å². The molecule has 28 heavy (non-hydrogen) atoms. The van der Waals surface area contributed by atoms with Crippen LogP contribution in [0.5, 0.6) is 17.2 Å². The Morgan fingerprint density at radius 2 is 1.79 bits per heavy atom. The number of hydrogen-bond acceptors (Lipinski definition) is 4. The largest absolute Gasteiger partial charge is 0.492 e. The summed E-state index contributed by atoms with van der Waals surface area (Å²) in [5, 5.41) is 0. The molecule has 2 aromatic rings. The fourth-order valence-corrected chi connectivity index (χ4v) is 4.03. The number of hydrogen-bond donors (Lipinski definition) is 0. The van der Waals surface area contributed by atoms with Crippen molar-refractivity contribution in [2.45, 2.75) is 33.2 Å². The normalized spacial score (nSPS) is 17.9. The van der Waals surface area contributed by atoms with E-state index in [-0.39, 0.29) is 11.8 Å². The molecule has 148 valence electrons. The molecule has 0 fully saturated rings. The highest BCUT2D eigenvalue weighted by Crippen LogP contribution is 2.35. The van der Waals surface area contributed by atoms with Crippen molar-refractivity contribution < 1.29 is 19.0 Å². The zero-order valence-corrected chi connectivity index (χ0v) is 16.6. The Labute approximate surface area is 166 Å². The van der Waals surface area contributed by atoms with Crippen molar-refractivity contribution >= 4 is 5.91 Å². The third-order valence-corrected chi connectivity index (χ3v) is 5.42. The van der Waals surface area contributed by atoms with Crippen LogP contribution >= 0.6 is 0 Å². The number of benzene rings is 2. The van der Waals surface area contributed by atoms with Gasteiger partial charge in [-0.05, 0) is 61.6 Å². The Balaban J connectivity index is 1.50. The molecule has 5 nitrogen and oxygen atoms in total. The van der Waals surface area contributed by atoms with Crippen LogP contribution in [-0.2, 0) is 24.2 Å². The van der Waals surface area contributed by atoms with Crippen LogP contribution in [0.1, 0.15) is 30.5 Å². The van der Waals surface area contributed by atoms with Crippen LogP contribution in [0.2, 0.25) is 0 Å². The highest BCUT2D eigenvalue weighted by atomic mass is 16.5. The highest BCUT2D eigenvalue weighted by molar-refractivity contribution is 5.80. The standard InChI is InChI=1S/C23H27NO4/c1-3-26-21-12-16-9-10-24(14-18(16)13-22(21)27-4-2)23(25)19-11-17-7-5-6-8-20(17)28-15-19/h5-8,12-13,19H,3-4,9-11,14-15H2,1-2H3/t19-/m0/s1. The molecule has 4 rings (SSSR count). The zero-order valence-electron chi connectivity index (χ0n) is 16.6. The molecule has 1 atom stereocenters. The average Bonchev–Trinajstić information content (AvgIpc) is 2.73. The SMILES string of the molecule is CCOc1cc2c(cc1OCC)CN(C(=O)[C@@H]1COc3ccccc3C1)CC2. The van der Waals surface area contributed by atoms with Gasteiger partial charge in [-0.1, -0.05) is 18.2 Å². The Hall–Kier alpha value is -2.69. The fourth-order valence-electron chi connectivity index (χ4n) is 4.03. The molecule has 2 aromatic carbocycles. The van der Waals surface area contributed by atoms with Gasteiger partial charge in [-0.15, -0.1) is 0 Å². The Morgan fingerprint density at radius 3 is 2.54 bits per heavy atom. The van der Waals surface area contributed by atoms with Gasteiger partial charge < -0.3 is 19.1 Å². The molecule has 0 aromatic heterocycles. The highest BCUT2D eigenvalue weighted by Gasteiger charge is 2.31. The molecule has 0 bridgehead atoms. The van der Waals surface area contributed by atoms with E-state index in [9.17, 15) is 4.79 Å². The molecule has 0 aliphatic carbocycles. The van der Waals surface area contributed by atoms with E-state index in [4.69, 9.17) is 14.2 Å². The maximum absolute atomic E-state index is 13.1. The fraction of sp³-hybridized carbons (Fsp3) is 0.435. The van der Waals surface area contributed by atoms with Gasteiger partial charge in [0.15, 0.2) is 11.5 Å². The van der Waals surface area contributed by atoms with Gasteiger partial charge in [-0.25, -0.2) is 0 Å². The van der Waals surface area contributed by atoms with Gasteiger partial charge in [0.05, 0.1) is 19.1 Å². The summed E-state index contributed by atoms with van der Waals surface area (Å²) in [6.07, 6.45) is 1.57. The molecule has 2 aliphatic heterocycles. The molecule has 1 amide bonds. The van der Waals surface area contributed by atoms with Gasteiger partial charge in [0.2, 0.25) is 5.91 Å². The van der Waals surface area contributed by atoms with Crippen molar-refractivity contribution in [3.05, 3.63) is 53.1 Å². The van der Waals surface area contributed by atoms with E-state index >= 15 is 0 Å². The molecular weight excluding hydrogens is 354 g/mol. The first kappa shape index (κ1) is 18.7. The average molecular weight is 381 g/mol. The third kappa shape index (κ3) is 3.66. The van der Waals surface area contributed by atoms with Crippen LogP contribution in [0.15, 0.2) is 36.4 Å². The van der Waals surface area contributed by atoms with E-state index in [1.54, 1.807) is 0 Å². The molecule has 0 N–H and O–H groups in total. The number of nitrogens with zero attached hydrogens (tertiary/aromatic N) is 1. The van der Waals surface area contributed by atoms with Crippen LogP contribution in [0.3, 0.4) is 0 Å². The maximum Gasteiger partial charge on any atom is 0.229 e. The molecule has 0 spiro atoms. The van der Waals surface area contributed by atoms with Crippen LogP contribution in [0, 0.1) is 5.92 Å². The van der Waals surface area contributed by atoms with Crippen molar-refractivity contribution in [3.8, 4) is 17.2 Å². The minimum Gasteiger partial charge on any atom is -0.492 e. The van der Waals surface area contributed by atoms with Crippen molar-refractivity contribution in [3.63, 3.8) is 0 Å². The minimum absolute atomic E-state index is 0.120. The Morgan fingerprint density at radius 1 is 1.07 bits per heavy atom. The number of carbonyl (C=O) groups is 1. The van der Waals surface area contributed by atoms with Crippen molar-refractivity contribution in [2.24, 2.45) is 5.92 Å². The van der Waals surface area contributed by atoms with E-state index < -0.39 is 0 Å². The lowest BCUT2D eigenvalue weighted by Gasteiger charge is -2.34. The predicted molar refractivity (Wildman–Crippen MR) is 107 cm³/mol. The number of rotatable bonds is 5. The van der Waals surface area contributed by atoms with E-state index in [2.05, 4.69) is 6.07 Å². The van der Waals surface area contributed by atoms with Gasteiger partial charge in [-0.3, -0.25) is 4.79 Å². The van der Waals surface area contributed by atoms with E-state index in [0.29, 0.717) is 26.4 Å². The van der Waals surface area contributed by atoms with Crippen LogP contribution in [0.25, 0.3) is 0 Å². The number of para-hydroxylation sites is 1. The van der Waals surface area contributed by atoms with Gasteiger partial charge in [0, 0.05) is 13.1 Å². The van der Waals surface area contributed by atoms with Gasteiger partial charge in [0.25, 0.3) is 0 Å². The van der Waals surface area contributed by atoms with Gasteiger partial charge in [0.1, 0.15) is 12.4 Å². The lowest BCUT2D eigenvalue weighted by atomic mass is 9.93. The zero-order chi connectivity index (χ0) is 19.5. The molecular formula is C23H27NO4. The van der Waals surface area contributed by atoms with Crippen molar-refractivity contribution in [1.82, 2.24) is 4.90 Å². The summed E-state index contributed by atoms with van der Waals surface area (Å²) in [6.45, 7) is 6.91. The molecule has 0 saturated heterocycles. The summed E-state index contributed by atoms with van der Waals surface area (Å²) in [7, 11) is 0. The number of carbonyl (C=O) groups excluding carboxylic acids is 1. The second-order valence-electron chi connectivity index (χ2n) is 7.26. The van der Waals surface area contributed by atoms with Crippen molar-refractivity contribution in [2.75, 3.05) is 26.4 Å². The quantitative estimate of drug-likeness (QED) is 0.794. The summed E-state index contributed by atoms with van der Waals surface area (Å²) < 4.78 is 17.3. The lowest BCUT2D eigenvalue weighted by molar-refractivity contribution is -0.137. The van der Waals surface area contributed by atoms with E-state index in [0.717, 1.165) is 47.8 Å². The summed E-state index contributed by atoms with van der Waals surface area (Å²) in [4.78, 5) is 15.1. The second-order valence-corrected chi connectivity index (χ2v) is 7.26. The summed E-state index contributed by atoms with van der Waals surface area (Å²) >= 11 is 0. The van der Waals surface area contributed by atoms with Crippen molar-refractivity contribution in [1.29, 1.82) is 0 Å². The molecule has 0 saturated carbocycles. The smallest absolute Gasteiger partial charge is 0.229 e.